The van der Waals surface area contributed by atoms with Gasteiger partial charge in [-0.3, -0.25) is 0 Å². The van der Waals surface area contributed by atoms with Crippen LogP contribution in [0.3, 0.4) is 0 Å². The molecule has 9 heavy (non-hydrogen) atoms. The SMILES string of the molecule is OC1CC(F)(Cl)C1(F)F. The Bertz CT molecular complexity index is 136. The van der Waals surface area contributed by atoms with Gasteiger partial charge in [-0.25, -0.2) is 4.39 Å². The van der Waals surface area contributed by atoms with Gasteiger partial charge in [-0.05, 0) is 0 Å². The first-order chi connectivity index (χ1) is 3.88. The van der Waals surface area contributed by atoms with Crippen LogP contribution in [-0.4, -0.2) is 22.3 Å². The van der Waals surface area contributed by atoms with Gasteiger partial charge in [0.1, 0.15) is 6.10 Å². The van der Waals surface area contributed by atoms with E-state index >= 15 is 0 Å². The van der Waals surface area contributed by atoms with Gasteiger partial charge in [0, 0.05) is 6.42 Å². The van der Waals surface area contributed by atoms with Crippen molar-refractivity contribution in [2.75, 3.05) is 0 Å². The highest BCUT2D eigenvalue weighted by molar-refractivity contribution is 6.24. The molecule has 0 spiro atoms. The molecule has 2 atom stereocenters. The molecule has 1 saturated carbocycles. The van der Waals surface area contributed by atoms with E-state index in [1.54, 1.807) is 0 Å². The van der Waals surface area contributed by atoms with E-state index in [0.29, 0.717) is 0 Å². The van der Waals surface area contributed by atoms with Crippen molar-refractivity contribution < 1.29 is 18.3 Å². The lowest BCUT2D eigenvalue weighted by molar-refractivity contribution is -0.245. The fourth-order valence-corrected chi connectivity index (χ4v) is 0.892. The Morgan fingerprint density at radius 3 is 1.89 bits per heavy atom. The Morgan fingerprint density at radius 2 is 1.89 bits per heavy atom. The molecule has 0 aromatic heterocycles. The summed E-state index contributed by atoms with van der Waals surface area (Å²) in [5.74, 6) is -3.77. The molecule has 1 N–H and O–H groups in total. The maximum atomic E-state index is 12.1. The predicted octanol–water partition coefficient (Wildman–Crippen LogP) is 1.29. The summed E-state index contributed by atoms with van der Waals surface area (Å²) in [5, 5.41) is 5.22. The number of aliphatic hydroxyl groups excluding tert-OH is 1. The first-order valence-corrected chi connectivity index (χ1v) is 2.69. The van der Waals surface area contributed by atoms with Crippen LogP contribution >= 0.6 is 11.6 Å². The molecule has 0 aromatic rings. The van der Waals surface area contributed by atoms with Crippen molar-refractivity contribution in [1.82, 2.24) is 0 Å². The fourth-order valence-electron chi connectivity index (χ4n) is 0.620. The molecule has 0 saturated heterocycles. The van der Waals surface area contributed by atoms with E-state index in [4.69, 9.17) is 5.11 Å². The third kappa shape index (κ3) is 0.730. The number of aliphatic hydroxyl groups is 1. The van der Waals surface area contributed by atoms with E-state index in [2.05, 4.69) is 11.6 Å². The zero-order chi connectivity index (χ0) is 7.28. The van der Waals surface area contributed by atoms with Crippen molar-refractivity contribution in [2.45, 2.75) is 23.6 Å². The van der Waals surface area contributed by atoms with Crippen molar-refractivity contribution in [1.29, 1.82) is 0 Å². The normalized spacial score (nSPS) is 48.3. The number of rotatable bonds is 0. The summed E-state index contributed by atoms with van der Waals surface area (Å²) in [5.41, 5.74) is 0. The quantitative estimate of drug-likeness (QED) is 0.530. The maximum absolute atomic E-state index is 12.1. The summed E-state index contributed by atoms with van der Waals surface area (Å²) in [6, 6.07) is 0. The van der Waals surface area contributed by atoms with Crippen LogP contribution < -0.4 is 0 Å². The summed E-state index contributed by atoms with van der Waals surface area (Å²) in [7, 11) is 0. The average Bonchev–Trinajstić information content (AvgIpc) is 1.65. The van der Waals surface area contributed by atoms with Crippen LogP contribution in [0.4, 0.5) is 13.2 Å². The van der Waals surface area contributed by atoms with E-state index in [9.17, 15) is 13.2 Å². The molecule has 1 aliphatic rings. The summed E-state index contributed by atoms with van der Waals surface area (Å²) in [4.78, 5) is 0. The third-order valence-corrected chi connectivity index (χ3v) is 1.76. The van der Waals surface area contributed by atoms with Gasteiger partial charge in [-0.2, -0.15) is 8.78 Å². The topological polar surface area (TPSA) is 20.2 Å². The number of halogens is 4. The Kier molecular flexibility index (Phi) is 1.23. The summed E-state index contributed by atoms with van der Waals surface area (Å²) >= 11 is 4.61. The smallest absolute Gasteiger partial charge is 0.320 e. The molecule has 0 aromatic carbocycles. The Labute approximate surface area is 54.4 Å². The molecule has 0 bridgehead atoms. The molecule has 0 aliphatic heterocycles. The molecule has 1 fully saturated rings. The maximum Gasteiger partial charge on any atom is 0.320 e. The second-order valence-electron chi connectivity index (χ2n) is 2.05. The lowest BCUT2D eigenvalue weighted by Crippen LogP contribution is -2.61. The van der Waals surface area contributed by atoms with Crippen molar-refractivity contribution in [2.24, 2.45) is 0 Å². The van der Waals surface area contributed by atoms with Crippen LogP contribution in [-0.2, 0) is 0 Å². The van der Waals surface area contributed by atoms with Crippen molar-refractivity contribution in [3.8, 4) is 0 Å². The van der Waals surface area contributed by atoms with Crippen LogP contribution in [0.1, 0.15) is 6.42 Å². The summed E-state index contributed by atoms with van der Waals surface area (Å²) in [6.45, 7) is 0. The lowest BCUT2D eigenvalue weighted by Gasteiger charge is -2.41. The molecule has 54 valence electrons. The number of hydrogen-bond donors (Lipinski definition) is 1. The molecule has 1 aliphatic carbocycles. The Morgan fingerprint density at radius 1 is 1.44 bits per heavy atom. The molecule has 5 heteroatoms. The van der Waals surface area contributed by atoms with Gasteiger partial charge in [-0.15, -0.1) is 0 Å². The van der Waals surface area contributed by atoms with Crippen molar-refractivity contribution in [3.63, 3.8) is 0 Å². The molecular formula is C4H4ClF3O. The average molecular weight is 161 g/mol. The molecular weight excluding hydrogens is 156 g/mol. The van der Waals surface area contributed by atoms with Crippen LogP contribution in [0.2, 0.25) is 0 Å². The highest BCUT2D eigenvalue weighted by Gasteiger charge is 2.69. The Hall–Kier alpha value is 0.0400. The summed E-state index contributed by atoms with van der Waals surface area (Å²) < 4.78 is 36.0. The lowest BCUT2D eigenvalue weighted by atomic mass is 9.88. The minimum atomic E-state index is -3.77. The second-order valence-corrected chi connectivity index (χ2v) is 2.65. The van der Waals surface area contributed by atoms with Crippen LogP contribution in [0, 0.1) is 0 Å². The molecule has 0 heterocycles. The third-order valence-electron chi connectivity index (χ3n) is 1.36. The van der Waals surface area contributed by atoms with Gasteiger partial charge in [0.25, 0.3) is 5.13 Å². The zero-order valence-electron chi connectivity index (χ0n) is 4.24. The number of alkyl halides is 4. The van der Waals surface area contributed by atoms with E-state index in [1.165, 1.54) is 0 Å². The van der Waals surface area contributed by atoms with Crippen LogP contribution in [0.5, 0.6) is 0 Å². The minimum Gasteiger partial charge on any atom is -0.386 e. The van der Waals surface area contributed by atoms with Gasteiger partial charge in [-0.1, -0.05) is 11.6 Å². The molecule has 0 radical (unpaired) electrons. The molecule has 1 nitrogen and oxygen atoms in total. The minimum absolute atomic E-state index is 0.693. The monoisotopic (exact) mass is 160 g/mol. The fraction of sp³-hybridized carbons (Fsp3) is 1.00. The van der Waals surface area contributed by atoms with Gasteiger partial charge in [0.05, 0.1) is 0 Å². The van der Waals surface area contributed by atoms with Crippen LogP contribution in [0.25, 0.3) is 0 Å². The predicted molar refractivity (Wildman–Crippen MR) is 25.3 cm³/mol. The van der Waals surface area contributed by atoms with Gasteiger partial charge < -0.3 is 5.11 Å². The van der Waals surface area contributed by atoms with Gasteiger partial charge in [0.15, 0.2) is 0 Å². The van der Waals surface area contributed by atoms with Crippen molar-refractivity contribution >= 4 is 11.6 Å². The largest absolute Gasteiger partial charge is 0.386 e. The van der Waals surface area contributed by atoms with E-state index < -0.39 is 23.6 Å². The van der Waals surface area contributed by atoms with E-state index in [0.717, 1.165) is 0 Å². The first kappa shape index (κ1) is 7.15. The first-order valence-electron chi connectivity index (χ1n) is 2.31. The van der Waals surface area contributed by atoms with Gasteiger partial charge in [0.2, 0.25) is 0 Å². The Balaban J connectivity index is 2.70. The highest BCUT2D eigenvalue weighted by atomic mass is 35.5. The molecule has 1 rings (SSSR count). The van der Waals surface area contributed by atoms with Crippen LogP contribution in [0.15, 0.2) is 0 Å². The highest BCUT2D eigenvalue weighted by Crippen LogP contribution is 2.52. The second kappa shape index (κ2) is 1.55. The van der Waals surface area contributed by atoms with E-state index in [1.807, 2.05) is 0 Å². The van der Waals surface area contributed by atoms with Gasteiger partial charge >= 0.3 is 5.92 Å². The number of hydrogen-bond acceptors (Lipinski definition) is 1. The standard InChI is InChI=1S/C4H4ClF3O/c5-3(6)1-2(9)4(3,7)8/h2,9H,1H2. The zero-order valence-corrected chi connectivity index (χ0v) is 5.00. The van der Waals surface area contributed by atoms with Crippen molar-refractivity contribution in [3.05, 3.63) is 0 Å². The molecule has 0 amide bonds. The van der Waals surface area contributed by atoms with E-state index in [-0.39, 0.29) is 0 Å². The molecule has 2 unspecified atom stereocenters. The summed E-state index contributed by atoms with van der Waals surface area (Å²) in [6.07, 6.45) is -2.61.